The number of aliphatic hydroxyl groups is 1. The van der Waals surface area contributed by atoms with Crippen molar-refractivity contribution in [1.29, 1.82) is 0 Å². The molecular formula is C17H18O2. The zero-order chi connectivity index (χ0) is 13.3. The number of hydrogen-bond acceptors (Lipinski definition) is 2. The summed E-state index contributed by atoms with van der Waals surface area (Å²) in [6, 6.07) is 20.3. The van der Waals surface area contributed by atoms with Crippen molar-refractivity contribution >= 4 is 0 Å². The molecule has 1 aliphatic heterocycles. The molecule has 1 aliphatic rings. The van der Waals surface area contributed by atoms with Crippen LogP contribution in [0.5, 0.6) is 0 Å². The second-order valence-corrected chi connectivity index (χ2v) is 5.34. The third-order valence-electron chi connectivity index (χ3n) is 3.82. The quantitative estimate of drug-likeness (QED) is 0.889. The Hall–Kier alpha value is -1.64. The van der Waals surface area contributed by atoms with Crippen LogP contribution < -0.4 is 0 Å². The van der Waals surface area contributed by atoms with Crippen LogP contribution in [-0.4, -0.2) is 10.9 Å². The van der Waals surface area contributed by atoms with Crippen molar-refractivity contribution < 1.29 is 9.84 Å². The lowest BCUT2D eigenvalue weighted by atomic mass is 9.84. The largest absolute Gasteiger partial charge is 0.366 e. The van der Waals surface area contributed by atoms with Crippen LogP contribution in [-0.2, 0) is 10.3 Å². The summed E-state index contributed by atoms with van der Waals surface area (Å²) in [4.78, 5) is 0. The fraction of sp³-hybridized carbons (Fsp3) is 0.294. The maximum absolute atomic E-state index is 10.2. The molecule has 2 nitrogen and oxygen atoms in total. The summed E-state index contributed by atoms with van der Waals surface area (Å²) in [5.74, 6) is -1.06. The Morgan fingerprint density at radius 2 is 1.32 bits per heavy atom. The van der Waals surface area contributed by atoms with Gasteiger partial charge in [0.25, 0.3) is 0 Å². The van der Waals surface area contributed by atoms with E-state index in [1.54, 1.807) is 6.92 Å². The predicted octanol–water partition coefficient (Wildman–Crippen LogP) is 3.45. The lowest BCUT2D eigenvalue weighted by molar-refractivity contribution is -0.203. The highest BCUT2D eigenvalue weighted by molar-refractivity contribution is 5.37. The molecule has 1 unspecified atom stereocenters. The van der Waals surface area contributed by atoms with Gasteiger partial charge >= 0.3 is 0 Å². The first-order valence-corrected chi connectivity index (χ1v) is 6.66. The highest BCUT2D eigenvalue weighted by atomic mass is 16.6. The molecule has 19 heavy (non-hydrogen) atoms. The Labute approximate surface area is 113 Å². The molecule has 2 aromatic carbocycles. The minimum Gasteiger partial charge on any atom is -0.366 e. The molecule has 2 heteroatoms. The molecular weight excluding hydrogens is 236 g/mol. The van der Waals surface area contributed by atoms with E-state index in [9.17, 15) is 5.11 Å². The molecule has 0 aromatic heterocycles. The van der Waals surface area contributed by atoms with Crippen molar-refractivity contribution in [3.8, 4) is 0 Å². The predicted molar refractivity (Wildman–Crippen MR) is 74.6 cm³/mol. The van der Waals surface area contributed by atoms with Gasteiger partial charge in [0, 0.05) is 6.42 Å². The lowest BCUT2D eigenvalue weighted by Crippen LogP contribution is -2.32. The van der Waals surface area contributed by atoms with E-state index in [1.807, 2.05) is 36.4 Å². The van der Waals surface area contributed by atoms with Gasteiger partial charge in [0.05, 0.1) is 0 Å². The Kier molecular flexibility index (Phi) is 2.92. The highest BCUT2D eigenvalue weighted by Gasteiger charge is 2.47. The average molecular weight is 254 g/mol. The Bertz CT molecular complexity index is 506. The van der Waals surface area contributed by atoms with Gasteiger partial charge in [-0.2, -0.15) is 0 Å². The minimum absolute atomic E-state index is 0.536. The summed E-state index contributed by atoms with van der Waals surface area (Å²) in [5.41, 5.74) is 1.66. The van der Waals surface area contributed by atoms with Crippen molar-refractivity contribution in [1.82, 2.24) is 0 Å². The fourth-order valence-electron chi connectivity index (χ4n) is 2.87. The molecule has 0 bridgehead atoms. The monoisotopic (exact) mass is 254 g/mol. The molecule has 0 amide bonds. The van der Waals surface area contributed by atoms with Crippen molar-refractivity contribution in [3.63, 3.8) is 0 Å². The van der Waals surface area contributed by atoms with E-state index >= 15 is 0 Å². The highest BCUT2D eigenvalue weighted by Crippen LogP contribution is 2.47. The topological polar surface area (TPSA) is 29.5 Å². The maximum Gasteiger partial charge on any atom is 0.164 e. The lowest BCUT2D eigenvalue weighted by Gasteiger charge is -2.32. The van der Waals surface area contributed by atoms with E-state index in [2.05, 4.69) is 24.3 Å². The summed E-state index contributed by atoms with van der Waals surface area (Å²) >= 11 is 0. The first-order chi connectivity index (χ1) is 9.12. The molecule has 0 saturated carbocycles. The first-order valence-electron chi connectivity index (χ1n) is 6.66. The molecule has 1 N–H and O–H groups in total. The van der Waals surface area contributed by atoms with Crippen LogP contribution in [0.2, 0.25) is 0 Å². The van der Waals surface area contributed by atoms with Gasteiger partial charge in [0.15, 0.2) is 5.79 Å². The normalized spacial score (nSPS) is 25.4. The molecule has 0 aliphatic carbocycles. The standard InChI is InChI=1S/C17H18O2/c1-16(18)12-13-17(19-16,14-8-4-2-5-9-14)15-10-6-3-7-11-15/h2-11,18H,12-13H2,1H3. The number of benzene rings is 2. The van der Waals surface area contributed by atoms with Crippen LogP contribution in [0.25, 0.3) is 0 Å². The Balaban J connectivity index is 2.13. The zero-order valence-corrected chi connectivity index (χ0v) is 11.0. The molecule has 98 valence electrons. The van der Waals surface area contributed by atoms with Crippen molar-refractivity contribution in [3.05, 3.63) is 71.8 Å². The van der Waals surface area contributed by atoms with Gasteiger partial charge in [-0.15, -0.1) is 0 Å². The molecule has 1 fully saturated rings. The summed E-state index contributed by atoms with van der Waals surface area (Å²) in [6.07, 6.45) is 1.42. The molecule has 0 radical (unpaired) electrons. The van der Waals surface area contributed by atoms with Gasteiger partial charge in [-0.05, 0) is 24.5 Å². The van der Waals surface area contributed by atoms with Gasteiger partial charge in [-0.3, -0.25) is 0 Å². The van der Waals surface area contributed by atoms with E-state index in [0.29, 0.717) is 6.42 Å². The second-order valence-electron chi connectivity index (χ2n) is 5.34. The van der Waals surface area contributed by atoms with E-state index in [0.717, 1.165) is 17.5 Å². The van der Waals surface area contributed by atoms with Crippen LogP contribution in [0.1, 0.15) is 30.9 Å². The summed E-state index contributed by atoms with van der Waals surface area (Å²) in [7, 11) is 0. The van der Waals surface area contributed by atoms with Gasteiger partial charge in [-0.25, -0.2) is 0 Å². The van der Waals surface area contributed by atoms with Gasteiger partial charge in [-0.1, -0.05) is 60.7 Å². The van der Waals surface area contributed by atoms with Crippen LogP contribution in [0.15, 0.2) is 60.7 Å². The summed E-state index contributed by atoms with van der Waals surface area (Å²) in [5, 5.41) is 10.2. The summed E-state index contributed by atoms with van der Waals surface area (Å²) < 4.78 is 6.06. The third-order valence-corrected chi connectivity index (χ3v) is 3.82. The molecule has 1 saturated heterocycles. The maximum atomic E-state index is 10.2. The van der Waals surface area contributed by atoms with E-state index in [4.69, 9.17) is 4.74 Å². The molecule has 2 aromatic rings. The number of ether oxygens (including phenoxy) is 1. The smallest absolute Gasteiger partial charge is 0.164 e. The average Bonchev–Trinajstić information content (AvgIpc) is 2.78. The zero-order valence-electron chi connectivity index (χ0n) is 11.0. The van der Waals surface area contributed by atoms with Crippen molar-refractivity contribution in [2.24, 2.45) is 0 Å². The molecule has 0 spiro atoms. The minimum atomic E-state index is -1.06. The van der Waals surface area contributed by atoms with Crippen molar-refractivity contribution in [2.45, 2.75) is 31.2 Å². The molecule has 1 heterocycles. The van der Waals surface area contributed by atoms with E-state index in [-0.39, 0.29) is 0 Å². The van der Waals surface area contributed by atoms with Gasteiger partial charge in [0.2, 0.25) is 0 Å². The van der Waals surface area contributed by atoms with Gasteiger partial charge in [0.1, 0.15) is 5.60 Å². The fourth-order valence-corrected chi connectivity index (χ4v) is 2.87. The van der Waals surface area contributed by atoms with Crippen LogP contribution in [0, 0.1) is 0 Å². The van der Waals surface area contributed by atoms with Gasteiger partial charge < -0.3 is 9.84 Å². The summed E-state index contributed by atoms with van der Waals surface area (Å²) in [6.45, 7) is 1.74. The first kappa shape index (κ1) is 12.4. The number of rotatable bonds is 2. The SMILES string of the molecule is CC1(O)CCC(c2ccccc2)(c2ccccc2)O1. The van der Waals surface area contributed by atoms with Crippen LogP contribution in [0.3, 0.4) is 0 Å². The Morgan fingerprint density at radius 1 is 0.842 bits per heavy atom. The molecule has 1 atom stereocenters. The van der Waals surface area contributed by atoms with E-state index < -0.39 is 11.4 Å². The van der Waals surface area contributed by atoms with Crippen LogP contribution in [0.4, 0.5) is 0 Å². The van der Waals surface area contributed by atoms with E-state index in [1.165, 1.54) is 0 Å². The van der Waals surface area contributed by atoms with Crippen LogP contribution >= 0.6 is 0 Å². The second kappa shape index (κ2) is 4.48. The Morgan fingerprint density at radius 3 is 1.68 bits per heavy atom. The third kappa shape index (κ3) is 2.18. The van der Waals surface area contributed by atoms with Crippen molar-refractivity contribution in [2.75, 3.05) is 0 Å². The molecule has 3 rings (SSSR count). The number of hydrogen-bond donors (Lipinski definition) is 1.